The quantitative estimate of drug-likeness (QED) is 0.903. The van der Waals surface area contributed by atoms with E-state index in [9.17, 15) is 0 Å². The van der Waals surface area contributed by atoms with Gasteiger partial charge in [-0.2, -0.15) is 0 Å². The van der Waals surface area contributed by atoms with Crippen LogP contribution in [0, 0.1) is 6.92 Å². The van der Waals surface area contributed by atoms with Gasteiger partial charge in [0.1, 0.15) is 0 Å². The number of nitrogens with zero attached hydrogens (tertiary/aromatic N) is 1. The van der Waals surface area contributed by atoms with Crippen LogP contribution in [0.5, 0.6) is 0 Å². The molecule has 20 heavy (non-hydrogen) atoms. The number of halogens is 1. The fraction of sp³-hybridized carbons (Fsp3) is 0.438. The van der Waals surface area contributed by atoms with Gasteiger partial charge in [0.05, 0.1) is 30.1 Å². The first-order valence-electron chi connectivity index (χ1n) is 7.19. The molecule has 104 valence electrons. The number of fused-ring (bicyclic) bond motifs is 2. The maximum atomic E-state index is 5.67. The van der Waals surface area contributed by atoms with Crippen LogP contribution in [0.3, 0.4) is 0 Å². The van der Waals surface area contributed by atoms with Gasteiger partial charge in [0.15, 0.2) is 0 Å². The van der Waals surface area contributed by atoms with E-state index >= 15 is 0 Å². The molecule has 0 amide bonds. The van der Waals surface area contributed by atoms with Gasteiger partial charge in [-0.3, -0.25) is 4.98 Å². The molecule has 1 fully saturated rings. The molecule has 4 rings (SSSR count). The van der Waals surface area contributed by atoms with Gasteiger partial charge in [-0.1, -0.05) is 6.07 Å². The van der Waals surface area contributed by atoms with Crippen LogP contribution in [-0.4, -0.2) is 17.6 Å². The highest BCUT2D eigenvalue weighted by Gasteiger charge is 2.26. The second kappa shape index (κ2) is 4.71. The van der Waals surface area contributed by atoms with E-state index in [1.807, 2.05) is 0 Å². The molecule has 4 heteroatoms. The van der Waals surface area contributed by atoms with Crippen molar-refractivity contribution in [1.82, 2.24) is 4.98 Å². The lowest BCUT2D eigenvalue weighted by Gasteiger charge is -2.23. The molecule has 0 atom stereocenters. The van der Waals surface area contributed by atoms with Crippen LogP contribution in [0.15, 0.2) is 16.6 Å². The van der Waals surface area contributed by atoms with E-state index in [1.165, 1.54) is 40.7 Å². The summed E-state index contributed by atoms with van der Waals surface area (Å²) in [7, 11) is 0. The molecule has 0 spiro atoms. The Kier molecular flexibility index (Phi) is 2.97. The van der Waals surface area contributed by atoms with Crippen molar-refractivity contribution in [3.05, 3.63) is 33.4 Å². The first-order valence-corrected chi connectivity index (χ1v) is 7.98. The van der Waals surface area contributed by atoms with Gasteiger partial charge in [0, 0.05) is 27.9 Å². The Bertz CT molecular complexity index is 695. The van der Waals surface area contributed by atoms with Crippen LogP contribution >= 0.6 is 15.9 Å². The van der Waals surface area contributed by atoms with Gasteiger partial charge in [-0.25, -0.2) is 0 Å². The number of hydrogen-bond acceptors (Lipinski definition) is 3. The zero-order valence-electron chi connectivity index (χ0n) is 11.5. The lowest BCUT2D eigenvalue weighted by atomic mass is 10.00. The molecular formula is C16H17BrN2O. The second-order valence-electron chi connectivity index (χ2n) is 5.72. The predicted molar refractivity (Wildman–Crippen MR) is 84.2 cm³/mol. The Morgan fingerprint density at radius 3 is 3.00 bits per heavy atom. The van der Waals surface area contributed by atoms with E-state index in [4.69, 9.17) is 9.72 Å². The predicted octanol–water partition coefficient (Wildman–Crippen LogP) is 3.95. The standard InChI is InChI=1S/C16H17BrN2O/c1-9-2-5-12(17)16-14(9)15(18-10-3-4-10)11-8-20-7-6-13(11)19-16/h2,5,10H,3-4,6-8H2,1H3,(H,18,19). The molecule has 1 aliphatic heterocycles. The van der Waals surface area contributed by atoms with Gasteiger partial charge in [-0.05, 0) is 47.3 Å². The SMILES string of the molecule is Cc1ccc(Br)c2nc3c(c(NC4CC4)c12)COCC3. The Morgan fingerprint density at radius 2 is 2.20 bits per heavy atom. The third-order valence-corrected chi connectivity index (χ3v) is 4.78. The van der Waals surface area contributed by atoms with Crippen LogP contribution in [-0.2, 0) is 17.8 Å². The summed E-state index contributed by atoms with van der Waals surface area (Å²) in [5, 5.41) is 4.96. The Balaban J connectivity index is 2.03. The maximum absolute atomic E-state index is 5.67. The van der Waals surface area contributed by atoms with E-state index in [-0.39, 0.29) is 0 Å². The number of aryl methyl sites for hydroxylation is 1. The highest BCUT2D eigenvalue weighted by molar-refractivity contribution is 9.10. The summed E-state index contributed by atoms with van der Waals surface area (Å²) in [6.45, 7) is 3.61. The molecule has 1 aromatic carbocycles. The molecule has 3 nitrogen and oxygen atoms in total. The molecular weight excluding hydrogens is 316 g/mol. The molecule has 0 bridgehead atoms. The Hall–Kier alpha value is -1.13. The topological polar surface area (TPSA) is 34.2 Å². The van der Waals surface area contributed by atoms with Gasteiger partial charge in [0.25, 0.3) is 0 Å². The fourth-order valence-electron chi connectivity index (χ4n) is 2.89. The number of rotatable bonds is 2. The molecule has 0 saturated heterocycles. The van der Waals surface area contributed by atoms with Gasteiger partial charge < -0.3 is 10.1 Å². The van der Waals surface area contributed by atoms with E-state index in [0.717, 1.165) is 23.0 Å². The van der Waals surface area contributed by atoms with E-state index in [1.54, 1.807) is 0 Å². The summed E-state index contributed by atoms with van der Waals surface area (Å²) in [5.74, 6) is 0. The third kappa shape index (κ3) is 2.02. The smallest absolute Gasteiger partial charge is 0.0870 e. The molecule has 2 aromatic rings. The van der Waals surface area contributed by atoms with Crippen molar-refractivity contribution in [3.63, 3.8) is 0 Å². The molecule has 0 unspecified atom stereocenters. The van der Waals surface area contributed by atoms with Crippen LogP contribution in [0.2, 0.25) is 0 Å². The highest BCUT2D eigenvalue weighted by atomic mass is 79.9. The number of nitrogens with one attached hydrogen (secondary N) is 1. The van der Waals surface area contributed by atoms with Crippen molar-refractivity contribution in [3.8, 4) is 0 Å². The van der Waals surface area contributed by atoms with Gasteiger partial charge in [-0.15, -0.1) is 0 Å². The van der Waals surface area contributed by atoms with Crippen molar-refractivity contribution >= 4 is 32.5 Å². The molecule has 0 radical (unpaired) electrons. The molecule has 1 aromatic heterocycles. The Morgan fingerprint density at radius 1 is 1.35 bits per heavy atom. The summed E-state index contributed by atoms with van der Waals surface area (Å²) >= 11 is 3.65. The van der Waals surface area contributed by atoms with Crippen molar-refractivity contribution in [2.45, 2.75) is 38.8 Å². The van der Waals surface area contributed by atoms with Crippen molar-refractivity contribution in [1.29, 1.82) is 0 Å². The van der Waals surface area contributed by atoms with Crippen molar-refractivity contribution in [2.24, 2.45) is 0 Å². The summed E-state index contributed by atoms with van der Waals surface area (Å²) in [6.07, 6.45) is 3.45. The number of aromatic nitrogens is 1. The van der Waals surface area contributed by atoms with Crippen molar-refractivity contribution < 1.29 is 4.74 Å². The average Bonchev–Trinajstić information content (AvgIpc) is 3.27. The first-order chi connectivity index (χ1) is 9.74. The minimum atomic E-state index is 0.630. The van der Waals surface area contributed by atoms with Gasteiger partial charge >= 0.3 is 0 Å². The minimum Gasteiger partial charge on any atom is -0.381 e. The lowest BCUT2D eigenvalue weighted by molar-refractivity contribution is 0.110. The second-order valence-corrected chi connectivity index (χ2v) is 6.58. The van der Waals surface area contributed by atoms with Crippen LogP contribution in [0.25, 0.3) is 10.9 Å². The Labute approximate surface area is 126 Å². The summed E-state index contributed by atoms with van der Waals surface area (Å²) in [4.78, 5) is 4.90. The van der Waals surface area contributed by atoms with Crippen LogP contribution < -0.4 is 5.32 Å². The largest absolute Gasteiger partial charge is 0.381 e. The maximum Gasteiger partial charge on any atom is 0.0870 e. The monoisotopic (exact) mass is 332 g/mol. The molecule has 1 aliphatic carbocycles. The molecule has 2 aliphatic rings. The summed E-state index contributed by atoms with van der Waals surface area (Å²) < 4.78 is 6.74. The first kappa shape index (κ1) is 12.6. The van der Waals surface area contributed by atoms with E-state index in [2.05, 4.69) is 40.3 Å². The van der Waals surface area contributed by atoms with Crippen molar-refractivity contribution in [2.75, 3.05) is 11.9 Å². The highest BCUT2D eigenvalue weighted by Crippen LogP contribution is 2.39. The van der Waals surface area contributed by atoms with E-state index < -0.39 is 0 Å². The van der Waals surface area contributed by atoms with Crippen LogP contribution in [0.1, 0.15) is 29.7 Å². The number of pyridine rings is 1. The average molecular weight is 333 g/mol. The fourth-order valence-corrected chi connectivity index (χ4v) is 3.30. The molecule has 2 heterocycles. The van der Waals surface area contributed by atoms with Gasteiger partial charge in [0.2, 0.25) is 0 Å². The zero-order chi connectivity index (χ0) is 13.7. The third-order valence-electron chi connectivity index (χ3n) is 4.14. The minimum absolute atomic E-state index is 0.630. The summed E-state index contributed by atoms with van der Waals surface area (Å²) in [5.41, 5.74) is 6.06. The lowest BCUT2D eigenvalue weighted by Crippen LogP contribution is -2.16. The number of hydrogen-bond donors (Lipinski definition) is 1. The number of ether oxygens (including phenoxy) is 1. The number of anilines is 1. The summed E-state index contributed by atoms with van der Waals surface area (Å²) in [6, 6.07) is 4.88. The zero-order valence-corrected chi connectivity index (χ0v) is 13.1. The number of benzene rings is 1. The molecule has 1 saturated carbocycles. The van der Waals surface area contributed by atoms with E-state index in [0.29, 0.717) is 12.6 Å². The normalized spacial score (nSPS) is 18.1. The molecule has 1 N–H and O–H groups in total. The van der Waals surface area contributed by atoms with Crippen LogP contribution in [0.4, 0.5) is 5.69 Å².